The Morgan fingerprint density at radius 3 is 2.56 bits per heavy atom. The predicted molar refractivity (Wildman–Crippen MR) is 81.3 cm³/mol. The van der Waals surface area contributed by atoms with Gasteiger partial charge in [-0.25, -0.2) is 0 Å². The molecule has 0 aromatic heterocycles. The van der Waals surface area contributed by atoms with Crippen molar-refractivity contribution in [2.75, 3.05) is 6.54 Å². The summed E-state index contributed by atoms with van der Waals surface area (Å²) in [4.78, 5) is 0. The number of benzene rings is 1. The Morgan fingerprint density at radius 1 is 1.28 bits per heavy atom. The molecule has 0 amide bonds. The molecular formula is C16H26ClN. The first-order chi connectivity index (χ1) is 8.58. The number of hydrogen-bond acceptors (Lipinski definition) is 1. The van der Waals surface area contributed by atoms with Crippen molar-refractivity contribution < 1.29 is 0 Å². The molecule has 1 aromatic rings. The quantitative estimate of drug-likeness (QED) is 0.723. The maximum atomic E-state index is 6.39. The Balaban J connectivity index is 2.86. The molecule has 1 N–H and O–H groups in total. The van der Waals surface area contributed by atoms with Crippen molar-refractivity contribution in [1.29, 1.82) is 0 Å². The Morgan fingerprint density at radius 2 is 2.00 bits per heavy atom. The minimum absolute atomic E-state index is 0.382. The average molecular weight is 268 g/mol. The monoisotopic (exact) mass is 267 g/mol. The van der Waals surface area contributed by atoms with Crippen LogP contribution in [0.5, 0.6) is 0 Å². The maximum Gasteiger partial charge on any atom is 0.0456 e. The van der Waals surface area contributed by atoms with Crippen molar-refractivity contribution in [3.8, 4) is 0 Å². The molecule has 2 heteroatoms. The highest BCUT2D eigenvalue weighted by molar-refractivity contribution is 6.31. The summed E-state index contributed by atoms with van der Waals surface area (Å²) in [5, 5.41) is 4.52. The fourth-order valence-corrected chi connectivity index (χ4v) is 2.49. The van der Waals surface area contributed by atoms with E-state index in [0.717, 1.165) is 30.3 Å². The van der Waals surface area contributed by atoms with Crippen LogP contribution in [0.15, 0.2) is 18.2 Å². The molecule has 18 heavy (non-hydrogen) atoms. The zero-order valence-corrected chi connectivity index (χ0v) is 12.8. The van der Waals surface area contributed by atoms with Crippen molar-refractivity contribution in [2.24, 2.45) is 5.92 Å². The van der Waals surface area contributed by atoms with Gasteiger partial charge in [-0.05, 0) is 49.4 Å². The van der Waals surface area contributed by atoms with E-state index in [1.165, 1.54) is 17.5 Å². The highest BCUT2D eigenvalue weighted by Crippen LogP contribution is 2.29. The number of halogens is 1. The maximum absolute atomic E-state index is 6.39. The third-order valence-corrected chi connectivity index (χ3v) is 3.83. The van der Waals surface area contributed by atoms with Gasteiger partial charge < -0.3 is 5.32 Å². The van der Waals surface area contributed by atoms with Crippen LogP contribution in [0.2, 0.25) is 5.02 Å². The average Bonchev–Trinajstić information content (AvgIpc) is 2.34. The molecule has 1 aromatic carbocycles. The first-order valence-corrected chi connectivity index (χ1v) is 7.45. The Bertz CT molecular complexity index is 362. The van der Waals surface area contributed by atoms with Crippen molar-refractivity contribution >= 4 is 11.6 Å². The molecule has 0 fully saturated rings. The minimum Gasteiger partial charge on any atom is -0.310 e. The summed E-state index contributed by atoms with van der Waals surface area (Å²) in [5.74, 6) is 0.719. The van der Waals surface area contributed by atoms with Gasteiger partial charge in [0.2, 0.25) is 0 Å². The van der Waals surface area contributed by atoms with Gasteiger partial charge >= 0.3 is 0 Å². The van der Waals surface area contributed by atoms with Crippen LogP contribution in [0.1, 0.15) is 57.2 Å². The normalized spacial score (nSPS) is 14.5. The molecule has 0 saturated carbocycles. The van der Waals surface area contributed by atoms with E-state index in [4.69, 9.17) is 11.6 Å². The molecule has 2 unspecified atom stereocenters. The lowest BCUT2D eigenvalue weighted by atomic mass is 9.93. The van der Waals surface area contributed by atoms with Gasteiger partial charge in [0.1, 0.15) is 0 Å². The van der Waals surface area contributed by atoms with Gasteiger partial charge in [-0.1, -0.05) is 50.9 Å². The highest BCUT2D eigenvalue weighted by Gasteiger charge is 2.16. The third kappa shape index (κ3) is 4.62. The number of rotatable bonds is 7. The van der Waals surface area contributed by atoms with E-state index in [1.807, 2.05) is 0 Å². The largest absolute Gasteiger partial charge is 0.310 e. The molecule has 0 radical (unpaired) electrons. The SMILES string of the molecule is CCCNC(CC(C)CC)c1ccc(C)cc1Cl. The van der Waals surface area contributed by atoms with Gasteiger partial charge in [0, 0.05) is 11.1 Å². The molecule has 0 aliphatic carbocycles. The van der Waals surface area contributed by atoms with Crippen molar-refractivity contribution in [1.82, 2.24) is 5.32 Å². The smallest absolute Gasteiger partial charge is 0.0456 e. The van der Waals surface area contributed by atoms with Gasteiger partial charge in [-0.15, -0.1) is 0 Å². The topological polar surface area (TPSA) is 12.0 Å². The van der Waals surface area contributed by atoms with Crippen molar-refractivity contribution in [3.05, 3.63) is 34.3 Å². The first-order valence-electron chi connectivity index (χ1n) is 7.07. The summed E-state index contributed by atoms with van der Waals surface area (Å²) >= 11 is 6.39. The summed E-state index contributed by atoms with van der Waals surface area (Å²) in [7, 11) is 0. The number of hydrogen-bond donors (Lipinski definition) is 1. The zero-order chi connectivity index (χ0) is 13.5. The van der Waals surface area contributed by atoms with Crippen LogP contribution in [0.25, 0.3) is 0 Å². The molecular weight excluding hydrogens is 242 g/mol. The van der Waals surface area contributed by atoms with Crippen molar-refractivity contribution in [3.63, 3.8) is 0 Å². The molecule has 1 nitrogen and oxygen atoms in total. The fraction of sp³-hybridized carbons (Fsp3) is 0.625. The van der Waals surface area contributed by atoms with E-state index >= 15 is 0 Å². The Kier molecular flexibility index (Phi) is 6.73. The second-order valence-corrected chi connectivity index (χ2v) is 5.69. The lowest BCUT2D eigenvalue weighted by molar-refractivity contribution is 0.402. The molecule has 0 spiro atoms. The molecule has 2 atom stereocenters. The Labute approximate surface area is 117 Å². The van der Waals surface area contributed by atoms with Crippen LogP contribution in [-0.2, 0) is 0 Å². The lowest BCUT2D eigenvalue weighted by Gasteiger charge is -2.23. The zero-order valence-electron chi connectivity index (χ0n) is 12.1. The third-order valence-electron chi connectivity index (χ3n) is 3.51. The molecule has 1 rings (SSSR count). The summed E-state index contributed by atoms with van der Waals surface area (Å²) < 4.78 is 0. The number of nitrogens with one attached hydrogen (secondary N) is 1. The first kappa shape index (κ1) is 15.5. The van der Waals surface area contributed by atoms with Crippen LogP contribution in [-0.4, -0.2) is 6.54 Å². The van der Waals surface area contributed by atoms with Gasteiger partial charge in [-0.3, -0.25) is 0 Å². The highest BCUT2D eigenvalue weighted by atomic mass is 35.5. The van der Waals surface area contributed by atoms with Crippen LogP contribution in [0, 0.1) is 12.8 Å². The summed E-state index contributed by atoms with van der Waals surface area (Å²) in [5.41, 5.74) is 2.47. The molecule has 0 aliphatic heterocycles. The second-order valence-electron chi connectivity index (χ2n) is 5.28. The van der Waals surface area contributed by atoms with Crippen LogP contribution < -0.4 is 5.32 Å². The molecule has 0 bridgehead atoms. The van der Waals surface area contributed by atoms with E-state index in [9.17, 15) is 0 Å². The summed E-state index contributed by atoms with van der Waals surface area (Å²) in [6, 6.07) is 6.77. The van der Waals surface area contributed by atoms with Crippen LogP contribution >= 0.6 is 11.6 Å². The van der Waals surface area contributed by atoms with E-state index in [-0.39, 0.29) is 0 Å². The van der Waals surface area contributed by atoms with Gasteiger partial charge in [0.15, 0.2) is 0 Å². The fourth-order valence-electron chi connectivity index (χ4n) is 2.12. The van der Waals surface area contributed by atoms with Gasteiger partial charge in [0.25, 0.3) is 0 Å². The van der Waals surface area contributed by atoms with E-state index in [1.54, 1.807) is 0 Å². The van der Waals surface area contributed by atoms with Crippen LogP contribution in [0.4, 0.5) is 0 Å². The van der Waals surface area contributed by atoms with Gasteiger partial charge in [0.05, 0.1) is 0 Å². The molecule has 102 valence electrons. The predicted octanol–water partition coefficient (Wildman–Crippen LogP) is 5.13. The van der Waals surface area contributed by atoms with E-state index in [2.05, 4.69) is 51.2 Å². The van der Waals surface area contributed by atoms with Crippen molar-refractivity contribution in [2.45, 2.75) is 53.0 Å². The standard InChI is InChI=1S/C16H26ClN/c1-5-9-18-16(11-12(3)6-2)14-8-7-13(4)10-15(14)17/h7-8,10,12,16,18H,5-6,9,11H2,1-4H3. The minimum atomic E-state index is 0.382. The van der Waals surface area contributed by atoms with Crippen LogP contribution in [0.3, 0.4) is 0 Å². The number of aryl methyl sites for hydroxylation is 1. The lowest BCUT2D eigenvalue weighted by Crippen LogP contribution is -2.24. The molecule has 0 heterocycles. The van der Waals surface area contributed by atoms with E-state index in [0.29, 0.717) is 6.04 Å². The summed E-state index contributed by atoms with van der Waals surface area (Å²) in [6.45, 7) is 9.88. The Hall–Kier alpha value is -0.530. The summed E-state index contributed by atoms with van der Waals surface area (Å²) in [6.07, 6.45) is 3.52. The molecule has 0 aliphatic rings. The second kappa shape index (κ2) is 7.81. The van der Waals surface area contributed by atoms with E-state index < -0.39 is 0 Å². The molecule has 0 saturated heterocycles. The van der Waals surface area contributed by atoms with Gasteiger partial charge in [-0.2, -0.15) is 0 Å².